The molecule has 0 aliphatic rings. The Balaban J connectivity index is 1.84. The lowest BCUT2D eigenvalue weighted by Crippen LogP contribution is -2.59. The second kappa shape index (κ2) is 14.4. The molecule has 8 nitrogen and oxygen atoms in total. The number of alkyl carbamates (subject to hydrolysis) is 1. The molecule has 3 amide bonds. The van der Waals surface area contributed by atoms with Crippen molar-refractivity contribution in [3.05, 3.63) is 108 Å². The van der Waals surface area contributed by atoms with Crippen molar-refractivity contribution in [2.45, 2.75) is 77.6 Å². The number of phenols is 1. The maximum absolute atomic E-state index is 14.9. The average molecular weight is 634 g/mol. The van der Waals surface area contributed by atoms with Gasteiger partial charge in [0.05, 0.1) is 0 Å². The van der Waals surface area contributed by atoms with Crippen LogP contribution in [0.5, 0.6) is 5.75 Å². The van der Waals surface area contributed by atoms with E-state index in [1.165, 1.54) is 17.0 Å². The Labute approximate surface area is 277 Å². The molecule has 244 valence electrons. The Kier molecular flexibility index (Phi) is 10.6. The molecular weight excluding hydrogens is 590 g/mol. The van der Waals surface area contributed by atoms with Crippen LogP contribution >= 0.6 is 0 Å². The largest absolute Gasteiger partial charge is 0.508 e. The smallest absolute Gasteiger partial charge is 0.408 e. The van der Waals surface area contributed by atoms with Crippen molar-refractivity contribution < 1.29 is 24.2 Å². The third-order valence-electron chi connectivity index (χ3n) is 8.05. The Morgan fingerprint density at radius 1 is 0.894 bits per heavy atom. The first kappa shape index (κ1) is 34.6. The fourth-order valence-corrected chi connectivity index (χ4v) is 5.37. The van der Waals surface area contributed by atoms with Crippen LogP contribution in [0.15, 0.2) is 91.0 Å². The molecule has 0 aliphatic carbocycles. The Morgan fingerprint density at radius 3 is 2.17 bits per heavy atom. The number of terminal acetylenes is 1. The van der Waals surface area contributed by atoms with Crippen LogP contribution in [-0.2, 0) is 20.7 Å². The number of carbonyl (C=O) groups excluding carboxylic acids is 3. The third kappa shape index (κ3) is 8.71. The number of fused-ring (bicyclic) bond motifs is 1. The van der Waals surface area contributed by atoms with Gasteiger partial charge in [0.25, 0.3) is 5.91 Å². The zero-order valence-electron chi connectivity index (χ0n) is 27.8. The van der Waals surface area contributed by atoms with Gasteiger partial charge in [0, 0.05) is 23.2 Å². The van der Waals surface area contributed by atoms with Crippen molar-refractivity contribution in [2.24, 2.45) is 0 Å². The number of hydrogen-bond donors (Lipinski definition) is 3. The summed E-state index contributed by atoms with van der Waals surface area (Å²) >= 11 is 0. The van der Waals surface area contributed by atoms with Crippen molar-refractivity contribution in [1.82, 2.24) is 10.2 Å². The van der Waals surface area contributed by atoms with Crippen LogP contribution in [0.25, 0.3) is 10.8 Å². The van der Waals surface area contributed by atoms with Crippen LogP contribution in [0.2, 0.25) is 0 Å². The maximum atomic E-state index is 14.9. The number of anilines is 1. The molecule has 2 atom stereocenters. The van der Waals surface area contributed by atoms with Crippen LogP contribution < -0.4 is 10.6 Å². The van der Waals surface area contributed by atoms with Gasteiger partial charge in [-0.05, 0) is 93.3 Å². The zero-order valence-corrected chi connectivity index (χ0v) is 27.8. The van der Waals surface area contributed by atoms with Gasteiger partial charge in [-0.1, -0.05) is 73.5 Å². The molecule has 0 aliphatic heterocycles. The molecule has 47 heavy (non-hydrogen) atoms. The minimum Gasteiger partial charge on any atom is -0.508 e. The Bertz CT molecular complexity index is 1780. The number of hydrogen-bond acceptors (Lipinski definition) is 5. The number of nitrogens with zero attached hydrogens (tertiary/aromatic N) is 1. The van der Waals surface area contributed by atoms with Gasteiger partial charge in [-0.15, -0.1) is 6.42 Å². The summed E-state index contributed by atoms with van der Waals surface area (Å²) in [6, 6.07) is 24.6. The van der Waals surface area contributed by atoms with Crippen molar-refractivity contribution >= 4 is 34.4 Å². The molecule has 0 saturated carbocycles. The maximum Gasteiger partial charge on any atom is 0.408 e. The van der Waals surface area contributed by atoms with Crippen molar-refractivity contribution in [3.63, 3.8) is 0 Å². The molecule has 0 spiro atoms. The van der Waals surface area contributed by atoms with E-state index in [2.05, 4.69) is 16.6 Å². The molecule has 2 unspecified atom stereocenters. The number of benzene rings is 4. The highest BCUT2D eigenvalue weighted by atomic mass is 16.6. The molecule has 0 saturated heterocycles. The highest BCUT2D eigenvalue weighted by Gasteiger charge is 2.44. The second-order valence-electron chi connectivity index (χ2n) is 13.1. The van der Waals surface area contributed by atoms with Crippen LogP contribution in [0.3, 0.4) is 0 Å². The number of carbonyl (C=O) groups is 3. The van der Waals surface area contributed by atoms with Gasteiger partial charge in [-0.3, -0.25) is 9.59 Å². The van der Waals surface area contributed by atoms with Gasteiger partial charge < -0.3 is 25.4 Å². The molecule has 0 bridgehead atoms. The van der Waals surface area contributed by atoms with E-state index in [1.54, 1.807) is 57.2 Å². The number of amides is 3. The summed E-state index contributed by atoms with van der Waals surface area (Å²) < 4.78 is 5.54. The topological polar surface area (TPSA) is 108 Å². The molecule has 0 aromatic heterocycles. The molecule has 0 radical (unpaired) electrons. The Hall–Kier alpha value is -5.29. The summed E-state index contributed by atoms with van der Waals surface area (Å²) in [5, 5.41) is 17.6. The summed E-state index contributed by atoms with van der Waals surface area (Å²) in [5.74, 6) is 1.80. The first-order valence-electron chi connectivity index (χ1n) is 15.7. The van der Waals surface area contributed by atoms with E-state index in [9.17, 15) is 19.5 Å². The van der Waals surface area contributed by atoms with Crippen LogP contribution in [0.1, 0.15) is 70.7 Å². The second-order valence-corrected chi connectivity index (χ2v) is 13.1. The van der Waals surface area contributed by atoms with Crippen LogP contribution in [0, 0.1) is 12.3 Å². The van der Waals surface area contributed by atoms with Gasteiger partial charge in [0.1, 0.15) is 23.4 Å². The predicted molar refractivity (Wildman–Crippen MR) is 186 cm³/mol. The van der Waals surface area contributed by atoms with Crippen LogP contribution in [-0.4, -0.2) is 45.1 Å². The highest BCUT2D eigenvalue weighted by Crippen LogP contribution is 2.35. The summed E-state index contributed by atoms with van der Waals surface area (Å²) in [7, 11) is 0. The highest BCUT2D eigenvalue weighted by molar-refractivity contribution is 6.01. The van der Waals surface area contributed by atoms with Gasteiger partial charge in [-0.25, -0.2) is 4.79 Å². The molecule has 0 heterocycles. The summed E-state index contributed by atoms with van der Waals surface area (Å²) in [4.78, 5) is 44.1. The molecule has 4 rings (SSSR count). The van der Waals surface area contributed by atoms with Gasteiger partial charge >= 0.3 is 6.09 Å². The SMILES string of the molecule is C#Cc1ccccc1C(C(=O)Nc1ccc2ccccc2c1)N(C(=O)C(Cc1ccc(O)cc1)NC(=O)OC(C)(C)C)C(C)(C)CC. The van der Waals surface area contributed by atoms with Crippen molar-refractivity contribution in [3.8, 4) is 18.1 Å². The normalized spacial score (nSPS) is 12.8. The van der Waals surface area contributed by atoms with E-state index < -0.39 is 41.1 Å². The lowest BCUT2D eigenvalue weighted by atomic mass is 9.89. The zero-order chi connectivity index (χ0) is 34.4. The van der Waals surface area contributed by atoms with E-state index in [1.807, 2.05) is 63.2 Å². The Morgan fingerprint density at radius 2 is 1.53 bits per heavy atom. The van der Waals surface area contributed by atoms with E-state index in [0.717, 1.165) is 10.8 Å². The minimum absolute atomic E-state index is 0.0711. The quantitative estimate of drug-likeness (QED) is 0.158. The lowest BCUT2D eigenvalue weighted by molar-refractivity contribution is -0.147. The summed E-state index contributed by atoms with van der Waals surface area (Å²) in [5.41, 5.74) is 0.494. The predicted octanol–water partition coefficient (Wildman–Crippen LogP) is 7.36. The van der Waals surface area contributed by atoms with Crippen LogP contribution in [0.4, 0.5) is 10.5 Å². The number of aromatic hydroxyl groups is 1. The van der Waals surface area contributed by atoms with E-state index in [4.69, 9.17) is 11.2 Å². The van der Waals surface area contributed by atoms with Gasteiger partial charge in [-0.2, -0.15) is 0 Å². The first-order chi connectivity index (χ1) is 22.2. The molecule has 8 heteroatoms. The molecule has 3 N–H and O–H groups in total. The first-order valence-corrected chi connectivity index (χ1v) is 15.7. The third-order valence-corrected chi connectivity index (χ3v) is 8.05. The number of ether oxygens (including phenoxy) is 1. The molecular formula is C39H43N3O5. The lowest BCUT2D eigenvalue weighted by Gasteiger charge is -2.45. The number of rotatable bonds is 10. The monoisotopic (exact) mass is 633 g/mol. The fraction of sp³-hybridized carbons (Fsp3) is 0.308. The minimum atomic E-state index is -1.17. The molecule has 4 aromatic rings. The van der Waals surface area contributed by atoms with Gasteiger partial charge in [0.15, 0.2) is 0 Å². The van der Waals surface area contributed by atoms with Crippen molar-refractivity contribution in [2.75, 3.05) is 5.32 Å². The van der Waals surface area contributed by atoms with Gasteiger partial charge in [0.2, 0.25) is 5.91 Å². The van der Waals surface area contributed by atoms with E-state index in [-0.39, 0.29) is 12.2 Å². The summed E-state index contributed by atoms with van der Waals surface area (Å²) in [6.45, 7) is 10.9. The van der Waals surface area contributed by atoms with Crippen molar-refractivity contribution in [1.29, 1.82) is 0 Å². The average Bonchev–Trinajstić information content (AvgIpc) is 3.02. The van der Waals surface area contributed by atoms with E-state index >= 15 is 0 Å². The molecule has 0 fully saturated rings. The summed E-state index contributed by atoms with van der Waals surface area (Å²) in [6.07, 6.45) is 5.72. The fourth-order valence-electron chi connectivity index (χ4n) is 5.37. The standard InChI is InChI=1S/C39H43N3O5/c1-8-27-14-12-13-17-32(27)34(35(44)40-30-21-20-28-15-10-11-16-29(28)25-30)42(39(6,7)9-2)36(45)33(41-37(46)47-38(3,4)5)24-26-18-22-31(43)23-19-26/h1,10-23,25,33-34,43H,9,24H2,2-7H3,(H,40,44)(H,41,46). The molecule has 4 aromatic carbocycles. The number of phenolic OH excluding ortho intramolecular Hbond substituents is 1. The van der Waals surface area contributed by atoms with E-state index in [0.29, 0.717) is 28.8 Å². The number of nitrogens with one attached hydrogen (secondary N) is 2.